The van der Waals surface area contributed by atoms with Gasteiger partial charge in [-0.05, 0) is 71.5 Å². The molecule has 5 rings (SSSR count). The molecule has 0 fully saturated rings. The third-order valence-corrected chi connectivity index (χ3v) is 7.86. The number of carbonyl (C=O) groups is 2. The van der Waals surface area contributed by atoms with E-state index in [1.807, 2.05) is 43.4 Å². The standard InChI is InChI=1S/C28H28INO4/c1-30-20-10-6-12-22(31)26(20)25(27-21(30)11-7-13-23(27)32)18-14-19(29)28(24(15-18)33-2)34-16-17-8-4-3-5-9-17/h3-5,8-9,14-15,25H,6-7,10-13,16H2,1-2H3. The van der Waals surface area contributed by atoms with Crippen LogP contribution in [0.15, 0.2) is 65.0 Å². The van der Waals surface area contributed by atoms with Crippen LogP contribution in [-0.2, 0) is 16.2 Å². The van der Waals surface area contributed by atoms with Gasteiger partial charge in [0.1, 0.15) is 6.61 Å². The number of ether oxygens (including phenoxy) is 2. The van der Waals surface area contributed by atoms with Crippen LogP contribution in [0.1, 0.15) is 55.6 Å². The van der Waals surface area contributed by atoms with E-state index in [4.69, 9.17) is 9.47 Å². The van der Waals surface area contributed by atoms with Crippen molar-refractivity contribution in [2.45, 2.75) is 51.0 Å². The van der Waals surface area contributed by atoms with Gasteiger partial charge in [-0.2, -0.15) is 0 Å². The molecule has 0 aromatic heterocycles. The minimum absolute atomic E-state index is 0.154. The fraction of sp³-hybridized carbons (Fsp3) is 0.357. The zero-order chi connectivity index (χ0) is 23.8. The maximum absolute atomic E-state index is 13.2. The number of ketones is 2. The van der Waals surface area contributed by atoms with Crippen LogP contribution in [0.4, 0.5) is 0 Å². The van der Waals surface area contributed by atoms with Crippen LogP contribution in [-0.4, -0.2) is 30.6 Å². The number of allylic oxidation sites excluding steroid dienone is 4. The highest BCUT2D eigenvalue weighted by Gasteiger charge is 2.42. The number of rotatable bonds is 5. The molecule has 6 heteroatoms. The molecule has 0 unspecified atom stereocenters. The molecule has 2 aliphatic carbocycles. The SMILES string of the molecule is COc1cc(C2C3=C(CCCC3=O)N(C)C3=C2C(=O)CCC3)cc(I)c1OCc1ccccc1. The maximum atomic E-state index is 13.2. The smallest absolute Gasteiger partial charge is 0.174 e. The van der Waals surface area contributed by atoms with Crippen molar-refractivity contribution in [3.05, 3.63) is 79.7 Å². The van der Waals surface area contributed by atoms with E-state index < -0.39 is 0 Å². The van der Waals surface area contributed by atoms with Gasteiger partial charge in [0.15, 0.2) is 23.1 Å². The minimum Gasteiger partial charge on any atom is -0.493 e. The Balaban J connectivity index is 1.60. The van der Waals surface area contributed by atoms with Crippen LogP contribution in [0.5, 0.6) is 11.5 Å². The van der Waals surface area contributed by atoms with Gasteiger partial charge in [-0.15, -0.1) is 0 Å². The lowest BCUT2D eigenvalue weighted by Crippen LogP contribution is -2.37. The second-order valence-corrected chi connectivity index (χ2v) is 10.2. The van der Waals surface area contributed by atoms with Gasteiger partial charge in [-0.1, -0.05) is 30.3 Å². The number of Topliss-reactive ketones (excluding diaryl/α,β-unsaturated/α-hetero) is 2. The molecule has 2 aromatic carbocycles. The molecule has 2 aromatic rings. The number of halogens is 1. The van der Waals surface area contributed by atoms with Crippen molar-refractivity contribution < 1.29 is 19.1 Å². The Labute approximate surface area is 214 Å². The third-order valence-electron chi connectivity index (χ3n) is 7.06. The molecule has 1 aliphatic heterocycles. The largest absolute Gasteiger partial charge is 0.493 e. The summed E-state index contributed by atoms with van der Waals surface area (Å²) in [6, 6.07) is 14.0. The molecule has 0 atom stereocenters. The van der Waals surface area contributed by atoms with E-state index in [2.05, 4.69) is 33.6 Å². The lowest BCUT2D eigenvalue weighted by atomic mass is 9.71. The maximum Gasteiger partial charge on any atom is 0.174 e. The van der Waals surface area contributed by atoms with Crippen molar-refractivity contribution in [3.8, 4) is 11.5 Å². The first-order valence-electron chi connectivity index (χ1n) is 11.8. The predicted octanol–water partition coefficient (Wildman–Crippen LogP) is 5.92. The molecular formula is C28H28INO4. The first-order valence-corrected chi connectivity index (χ1v) is 12.9. The Morgan fingerprint density at radius 2 is 1.56 bits per heavy atom. The summed E-state index contributed by atoms with van der Waals surface area (Å²) < 4.78 is 12.8. The van der Waals surface area contributed by atoms with E-state index in [0.29, 0.717) is 30.9 Å². The molecule has 0 saturated heterocycles. The molecule has 0 spiro atoms. The summed E-state index contributed by atoms with van der Waals surface area (Å²) in [6.45, 7) is 0.433. The fourth-order valence-corrected chi connectivity index (χ4v) is 6.24. The van der Waals surface area contributed by atoms with E-state index in [0.717, 1.165) is 62.9 Å². The summed E-state index contributed by atoms with van der Waals surface area (Å²) in [5, 5.41) is 0. The third kappa shape index (κ3) is 4.06. The lowest BCUT2D eigenvalue weighted by molar-refractivity contribution is -0.117. The van der Waals surface area contributed by atoms with Crippen LogP contribution in [0.3, 0.4) is 0 Å². The first-order chi connectivity index (χ1) is 16.5. The van der Waals surface area contributed by atoms with Crippen LogP contribution in [0.25, 0.3) is 0 Å². The van der Waals surface area contributed by atoms with Gasteiger partial charge in [0, 0.05) is 48.3 Å². The number of nitrogens with zero attached hydrogens (tertiary/aromatic N) is 1. The molecule has 0 radical (unpaired) electrons. The predicted molar refractivity (Wildman–Crippen MR) is 139 cm³/mol. The number of hydrogen-bond donors (Lipinski definition) is 0. The summed E-state index contributed by atoms with van der Waals surface area (Å²) in [5.74, 6) is 1.26. The summed E-state index contributed by atoms with van der Waals surface area (Å²) in [7, 11) is 3.65. The van der Waals surface area contributed by atoms with Gasteiger partial charge >= 0.3 is 0 Å². The van der Waals surface area contributed by atoms with Crippen LogP contribution in [0, 0.1) is 3.57 Å². The van der Waals surface area contributed by atoms with Gasteiger partial charge in [0.05, 0.1) is 10.7 Å². The van der Waals surface area contributed by atoms with Crippen molar-refractivity contribution in [2.24, 2.45) is 0 Å². The van der Waals surface area contributed by atoms with E-state index in [1.165, 1.54) is 0 Å². The monoisotopic (exact) mass is 569 g/mol. The highest BCUT2D eigenvalue weighted by atomic mass is 127. The average Bonchev–Trinajstić information content (AvgIpc) is 2.85. The van der Waals surface area contributed by atoms with Gasteiger partial charge in [-0.3, -0.25) is 9.59 Å². The Bertz CT molecular complexity index is 1170. The van der Waals surface area contributed by atoms with E-state index in [1.54, 1.807) is 7.11 Å². The highest BCUT2D eigenvalue weighted by molar-refractivity contribution is 14.1. The number of hydrogen-bond acceptors (Lipinski definition) is 5. The van der Waals surface area contributed by atoms with Crippen LogP contribution >= 0.6 is 22.6 Å². The van der Waals surface area contributed by atoms with Crippen LogP contribution in [0.2, 0.25) is 0 Å². The first kappa shape index (κ1) is 23.1. The highest BCUT2D eigenvalue weighted by Crippen LogP contribution is 2.50. The Morgan fingerprint density at radius 1 is 0.941 bits per heavy atom. The van der Waals surface area contributed by atoms with Crippen molar-refractivity contribution >= 4 is 34.2 Å². The lowest BCUT2D eigenvalue weighted by Gasteiger charge is -2.42. The summed E-state index contributed by atoms with van der Waals surface area (Å²) in [4.78, 5) is 28.6. The topological polar surface area (TPSA) is 55.8 Å². The molecule has 1 heterocycles. The Morgan fingerprint density at radius 3 is 2.15 bits per heavy atom. The molecule has 5 nitrogen and oxygen atoms in total. The molecule has 0 amide bonds. The van der Waals surface area contributed by atoms with Crippen molar-refractivity contribution in [1.29, 1.82) is 0 Å². The summed E-state index contributed by atoms with van der Waals surface area (Å²) in [6.07, 6.45) is 4.52. The number of carbonyl (C=O) groups excluding carboxylic acids is 2. The molecule has 0 bridgehead atoms. The zero-order valence-electron chi connectivity index (χ0n) is 19.5. The molecule has 0 N–H and O–H groups in total. The number of methoxy groups -OCH3 is 1. The quantitative estimate of drug-likeness (QED) is 0.419. The molecule has 34 heavy (non-hydrogen) atoms. The van der Waals surface area contributed by atoms with Crippen LogP contribution < -0.4 is 9.47 Å². The van der Waals surface area contributed by atoms with E-state index in [-0.39, 0.29) is 17.5 Å². The summed E-state index contributed by atoms with van der Waals surface area (Å²) in [5.41, 5.74) is 5.73. The molecule has 3 aliphatic rings. The van der Waals surface area contributed by atoms with Gasteiger partial charge < -0.3 is 14.4 Å². The minimum atomic E-state index is -0.340. The zero-order valence-corrected chi connectivity index (χ0v) is 21.7. The van der Waals surface area contributed by atoms with Gasteiger partial charge in [0.25, 0.3) is 0 Å². The molecule has 176 valence electrons. The van der Waals surface area contributed by atoms with E-state index >= 15 is 0 Å². The summed E-state index contributed by atoms with van der Waals surface area (Å²) >= 11 is 2.27. The second-order valence-electron chi connectivity index (χ2n) is 9.07. The Hall–Kier alpha value is -2.61. The van der Waals surface area contributed by atoms with Gasteiger partial charge in [-0.25, -0.2) is 0 Å². The van der Waals surface area contributed by atoms with Gasteiger partial charge in [0.2, 0.25) is 0 Å². The Kier molecular flexibility index (Phi) is 6.51. The van der Waals surface area contributed by atoms with Crippen molar-refractivity contribution in [1.82, 2.24) is 4.90 Å². The molecular weight excluding hydrogens is 541 g/mol. The second kappa shape index (κ2) is 9.56. The average molecular weight is 569 g/mol. The number of benzene rings is 2. The fourth-order valence-electron chi connectivity index (χ4n) is 5.46. The van der Waals surface area contributed by atoms with E-state index in [9.17, 15) is 9.59 Å². The normalized spacial score (nSPS) is 18.7. The van der Waals surface area contributed by atoms with Crippen molar-refractivity contribution in [2.75, 3.05) is 14.2 Å². The van der Waals surface area contributed by atoms with Crippen molar-refractivity contribution in [3.63, 3.8) is 0 Å². The molecule has 0 saturated carbocycles.